The van der Waals surface area contributed by atoms with Crippen LogP contribution in [0.4, 0.5) is 5.82 Å². The first kappa shape index (κ1) is 13.6. The lowest BCUT2D eigenvalue weighted by atomic mass is 10.1. The SMILES string of the molecule is CC(c1cccc(Cl)c1)N(C)c1ccc(C=O)cn1. The Hall–Kier alpha value is -1.87. The van der Waals surface area contributed by atoms with Crippen LogP contribution >= 0.6 is 11.6 Å². The molecular formula is C15H15ClN2O. The molecule has 2 aromatic rings. The van der Waals surface area contributed by atoms with Crippen LogP contribution < -0.4 is 4.90 Å². The number of aromatic nitrogens is 1. The Labute approximate surface area is 117 Å². The van der Waals surface area contributed by atoms with Gasteiger partial charge in [-0.15, -0.1) is 0 Å². The van der Waals surface area contributed by atoms with Gasteiger partial charge in [0.05, 0.1) is 6.04 Å². The first-order valence-corrected chi connectivity index (χ1v) is 6.39. The van der Waals surface area contributed by atoms with Crippen molar-refractivity contribution < 1.29 is 4.79 Å². The van der Waals surface area contributed by atoms with Crippen molar-refractivity contribution in [2.45, 2.75) is 13.0 Å². The molecule has 2 rings (SSSR count). The van der Waals surface area contributed by atoms with Crippen LogP contribution in [0.3, 0.4) is 0 Å². The fourth-order valence-electron chi connectivity index (χ4n) is 1.86. The van der Waals surface area contributed by atoms with Crippen molar-refractivity contribution in [1.29, 1.82) is 0 Å². The molecule has 1 unspecified atom stereocenters. The van der Waals surface area contributed by atoms with Crippen LogP contribution in [0, 0.1) is 0 Å². The Morgan fingerprint density at radius 2 is 2.11 bits per heavy atom. The zero-order valence-corrected chi connectivity index (χ0v) is 11.6. The van der Waals surface area contributed by atoms with Gasteiger partial charge in [-0.25, -0.2) is 4.98 Å². The molecule has 4 heteroatoms. The van der Waals surface area contributed by atoms with Crippen molar-refractivity contribution in [2.75, 3.05) is 11.9 Å². The fraction of sp³-hybridized carbons (Fsp3) is 0.200. The van der Waals surface area contributed by atoms with E-state index in [0.29, 0.717) is 5.56 Å². The summed E-state index contributed by atoms with van der Waals surface area (Å²) in [5, 5.41) is 0.724. The average Bonchev–Trinajstić information content (AvgIpc) is 2.46. The summed E-state index contributed by atoms with van der Waals surface area (Å²) >= 11 is 6.01. The minimum atomic E-state index is 0.147. The third-order valence-electron chi connectivity index (χ3n) is 3.18. The van der Waals surface area contributed by atoms with Crippen molar-refractivity contribution >= 4 is 23.7 Å². The molecule has 0 radical (unpaired) electrons. The highest BCUT2D eigenvalue weighted by atomic mass is 35.5. The van der Waals surface area contributed by atoms with E-state index in [9.17, 15) is 4.79 Å². The topological polar surface area (TPSA) is 33.2 Å². The smallest absolute Gasteiger partial charge is 0.151 e. The Morgan fingerprint density at radius 3 is 2.68 bits per heavy atom. The summed E-state index contributed by atoms with van der Waals surface area (Å²) in [6, 6.07) is 11.5. The summed E-state index contributed by atoms with van der Waals surface area (Å²) in [4.78, 5) is 16.9. The third kappa shape index (κ3) is 3.12. The summed E-state index contributed by atoms with van der Waals surface area (Å²) in [6.45, 7) is 2.08. The van der Waals surface area contributed by atoms with Crippen LogP contribution in [0.25, 0.3) is 0 Å². The van der Waals surface area contributed by atoms with Gasteiger partial charge in [0.2, 0.25) is 0 Å². The Kier molecular flexibility index (Phi) is 4.17. The monoisotopic (exact) mass is 274 g/mol. The second-order valence-electron chi connectivity index (χ2n) is 4.41. The van der Waals surface area contributed by atoms with Crippen molar-refractivity contribution in [3.63, 3.8) is 0 Å². The van der Waals surface area contributed by atoms with E-state index in [1.807, 2.05) is 42.3 Å². The van der Waals surface area contributed by atoms with E-state index in [4.69, 9.17) is 11.6 Å². The highest BCUT2D eigenvalue weighted by molar-refractivity contribution is 6.30. The molecule has 1 aromatic carbocycles. The van der Waals surface area contributed by atoms with Crippen LogP contribution in [0.5, 0.6) is 0 Å². The minimum Gasteiger partial charge on any atom is -0.353 e. The lowest BCUT2D eigenvalue weighted by Gasteiger charge is -2.26. The van der Waals surface area contributed by atoms with E-state index in [1.165, 1.54) is 0 Å². The number of halogens is 1. The van der Waals surface area contributed by atoms with E-state index >= 15 is 0 Å². The molecule has 19 heavy (non-hydrogen) atoms. The number of hydrogen-bond acceptors (Lipinski definition) is 3. The summed E-state index contributed by atoms with van der Waals surface area (Å²) < 4.78 is 0. The largest absolute Gasteiger partial charge is 0.353 e. The molecule has 1 atom stereocenters. The van der Waals surface area contributed by atoms with Gasteiger partial charge in [-0.3, -0.25) is 4.79 Å². The first-order valence-electron chi connectivity index (χ1n) is 6.01. The zero-order chi connectivity index (χ0) is 13.8. The van der Waals surface area contributed by atoms with Gasteiger partial charge in [0, 0.05) is 23.8 Å². The number of rotatable bonds is 4. The molecule has 0 amide bonds. The van der Waals surface area contributed by atoms with Crippen LogP contribution in [-0.2, 0) is 0 Å². The maximum atomic E-state index is 10.6. The second-order valence-corrected chi connectivity index (χ2v) is 4.85. The Morgan fingerprint density at radius 1 is 1.32 bits per heavy atom. The van der Waals surface area contributed by atoms with Crippen LogP contribution in [0.2, 0.25) is 5.02 Å². The van der Waals surface area contributed by atoms with Crippen LogP contribution in [0.1, 0.15) is 28.9 Å². The highest BCUT2D eigenvalue weighted by Crippen LogP contribution is 2.25. The molecule has 0 spiro atoms. The number of benzene rings is 1. The molecule has 0 aliphatic rings. The standard InChI is InChI=1S/C15H15ClN2O/c1-11(13-4-3-5-14(16)8-13)18(2)15-7-6-12(10-19)9-17-15/h3-11H,1-2H3. The van der Waals surface area contributed by atoms with Crippen molar-refractivity contribution in [3.05, 3.63) is 58.7 Å². The van der Waals surface area contributed by atoms with Gasteiger partial charge in [-0.05, 0) is 36.8 Å². The van der Waals surface area contributed by atoms with Gasteiger partial charge < -0.3 is 4.90 Å². The summed E-state index contributed by atoms with van der Waals surface area (Å²) in [6.07, 6.45) is 2.36. The third-order valence-corrected chi connectivity index (χ3v) is 3.42. The van der Waals surface area contributed by atoms with Gasteiger partial charge in [0.1, 0.15) is 5.82 Å². The van der Waals surface area contributed by atoms with Gasteiger partial charge in [-0.2, -0.15) is 0 Å². The van der Waals surface area contributed by atoms with Gasteiger partial charge >= 0.3 is 0 Å². The quantitative estimate of drug-likeness (QED) is 0.796. The predicted octanol–water partition coefficient (Wildman–Crippen LogP) is 3.74. The molecule has 98 valence electrons. The number of pyridine rings is 1. The predicted molar refractivity (Wildman–Crippen MR) is 77.9 cm³/mol. The summed E-state index contributed by atoms with van der Waals surface area (Å²) in [5.41, 5.74) is 1.70. The Balaban J connectivity index is 2.22. The molecule has 0 aliphatic carbocycles. The average molecular weight is 275 g/mol. The van der Waals surface area contributed by atoms with E-state index in [2.05, 4.69) is 11.9 Å². The molecule has 0 saturated carbocycles. The lowest BCUT2D eigenvalue weighted by molar-refractivity contribution is 0.112. The first-order chi connectivity index (χ1) is 9.11. The van der Waals surface area contributed by atoms with Gasteiger partial charge in [0.25, 0.3) is 0 Å². The highest BCUT2D eigenvalue weighted by Gasteiger charge is 2.13. The zero-order valence-electron chi connectivity index (χ0n) is 10.9. The number of anilines is 1. The van der Waals surface area contributed by atoms with E-state index in [1.54, 1.807) is 12.3 Å². The molecule has 0 bridgehead atoms. The number of hydrogen-bond donors (Lipinski definition) is 0. The molecule has 1 aromatic heterocycles. The number of aldehydes is 1. The van der Waals surface area contributed by atoms with E-state index in [0.717, 1.165) is 22.7 Å². The fourth-order valence-corrected chi connectivity index (χ4v) is 2.06. The van der Waals surface area contributed by atoms with E-state index in [-0.39, 0.29) is 6.04 Å². The normalized spacial score (nSPS) is 11.9. The Bertz CT molecular complexity index is 569. The summed E-state index contributed by atoms with van der Waals surface area (Å²) in [5.74, 6) is 0.818. The molecular weight excluding hydrogens is 260 g/mol. The molecule has 0 saturated heterocycles. The number of carbonyl (C=O) groups excluding carboxylic acids is 1. The number of carbonyl (C=O) groups is 1. The number of nitrogens with zero attached hydrogens (tertiary/aromatic N) is 2. The minimum absolute atomic E-state index is 0.147. The van der Waals surface area contributed by atoms with Crippen molar-refractivity contribution in [1.82, 2.24) is 4.98 Å². The van der Waals surface area contributed by atoms with Gasteiger partial charge in [-0.1, -0.05) is 23.7 Å². The summed E-state index contributed by atoms with van der Waals surface area (Å²) in [7, 11) is 1.97. The molecule has 3 nitrogen and oxygen atoms in total. The molecule has 1 heterocycles. The maximum Gasteiger partial charge on any atom is 0.151 e. The maximum absolute atomic E-state index is 10.6. The van der Waals surface area contributed by atoms with Crippen LogP contribution in [0.15, 0.2) is 42.6 Å². The molecule has 0 aliphatic heterocycles. The van der Waals surface area contributed by atoms with E-state index < -0.39 is 0 Å². The van der Waals surface area contributed by atoms with Crippen LogP contribution in [-0.4, -0.2) is 18.3 Å². The van der Waals surface area contributed by atoms with Gasteiger partial charge in [0.15, 0.2) is 6.29 Å². The van der Waals surface area contributed by atoms with Crippen molar-refractivity contribution in [3.8, 4) is 0 Å². The molecule has 0 fully saturated rings. The lowest BCUT2D eigenvalue weighted by Crippen LogP contribution is -2.22. The molecule has 0 N–H and O–H groups in total. The second kappa shape index (κ2) is 5.85. The van der Waals surface area contributed by atoms with Crippen molar-refractivity contribution in [2.24, 2.45) is 0 Å².